The van der Waals surface area contributed by atoms with Gasteiger partial charge in [0.25, 0.3) is 0 Å². The first-order chi connectivity index (χ1) is 12.9. The van der Waals surface area contributed by atoms with Crippen molar-refractivity contribution in [2.45, 2.75) is 13.8 Å². The lowest BCUT2D eigenvalue weighted by molar-refractivity contribution is -0.135. The van der Waals surface area contributed by atoms with Crippen LogP contribution in [0.15, 0.2) is 23.7 Å². The average molecular weight is 448 g/mol. The Hall–Kier alpha value is -1.68. The first-order valence-corrected chi connectivity index (χ1v) is 10.2. The predicted octanol–water partition coefficient (Wildman–Crippen LogP) is 2.96. The Morgan fingerprint density at radius 1 is 0.607 bits per heavy atom. The summed E-state index contributed by atoms with van der Waals surface area (Å²) < 4.78 is 58.9. The molecule has 0 fully saturated rings. The Bertz CT molecular complexity index is 583. The van der Waals surface area contributed by atoms with Crippen LogP contribution in [0.3, 0.4) is 0 Å². The zero-order valence-electron chi connectivity index (χ0n) is 16.9. The van der Waals surface area contributed by atoms with Gasteiger partial charge in [-0.05, 0) is 13.8 Å². The normalized spacial score (nSPS) is 12.4. The van der Waals surface area contributed by atoms with Crippen molar-refractivity contribution >= 4 is 27.6 Å². The van der Waals surface area contributed by atoms with Crippen molar-refractivity contribution in [3.8, 4) is 0 Å². The third-order valence-electron chi connectivity index (χ3n) is 2.45. The zero-order valence-corrected chi connectivity index (χ0v) is 18.7. The van der Waals surface area contributed by atoms with E-state index in [2.05, 4.69) is 27.6 Å². The summed E-state index contributed by atoms with van der Waals surface area (Å²) in [6.07, 6.45) is 2.06. The van der Waals surface area contributed by atoms with Crippen molar-refractivity contribution in [1.29, 1.82) is 0 Å². The molecule has 0 aromatic heterocycles. The monoisotopic (exact) mass is 448 g/mol. The highest BCUT2D eigenvalue weighted by atomic mass is 31.2. The molecule has 164 valence electrons. The van der Waals surface area contributed by atoms with E-state index in [-0.39, 0.29) is 11.5 Å². The summed E-state index contributed by atoms with van der Waals surface area (Å²) in [5, 5.41) is 0. The van der Waals surface area contributed by atoms with Crippen molar-refractivity contribution < 1.29 is 55.3 Å². The molecular formula is C14H26O12P2. The van der Waals surface area contributed by atoms with Gasteiger partial charge < -0.3 is 18.5 Å². The highest BCUT2D eigenvalue weighted by molar-refractivity contribution is 7.48. The van der Waals surface area contributed by atoms with Gasteiger partial charge in [-0.3, -0.25) is 18.1 Å². The number of carbonyl (C=O) groups excluding carboxylic acids is 2. The highest BCUT2D eigenvalue weighted by Gasteiger charge is 2.25. The summed E-state index contributed by atoms with van der Waals surface area (Å²) in [5.41, 5.74) is 0. The third-order valence-corrected chi connectivity index (χ3v) is 5.26. The molecule has 0 rings (SSSR count). The Morgan fingerprint density at radius 3 is 1.04 bits per heavy atom. The molecule has 14 heteroatoms. The van der Waals surface area contributed by atoms with Gasteiger partial charge in [0.05, 0.1) is 26.4 Å². The van der Waals surface area contributed by atoms with Crippen LogP contribution in [-0.4, -0.2) is 54.6 Å². The van der Waals surface area contributed by atoms with Crippen LogP contribution in [-0.2, 0) is 55.3 Å². The molecule has 0 saturated heterocycles. The van der Waals surface area contributed by atoms with Gasteiger partial charge >= 0.3 is 27.6 Å². The number of hydrogen-bond donors (Lipinski definition) is 0. The SMILES string of the molecule is COC(=O)/C=C(/C)OP(=O)(OC)OC.COC(=O)/C=C(\C)OP(=O)(OC)OC. The molecule has 0 aliphatic rings. The molecule has 0 aliphatic heterocycles. The van der Waals surface area contributed by atoms with E-state index in [1.165, 1.54) is 56.5 Å². The number of ether oxygens (including phenoxy) is 2. The topological polar surface area (TPSA) is 142 Å². The molecule has 0 unspecified atom stereocenters. The number of rotatable bonds is 10. The van der Waals surface area contributed by atoms with E-state index in [4.69, 9.17) is 9.05 Å². The van der Waals surface area contributed by atoms with Gasteiger partial charge in [-0.25, -0.2) is 18.7 Å². The second-order valence-corrected chi connectivity index (χ2v) is 7.98. The minimum absolute atomic E-state index is 0.0869. The first kappa shape index (κ1) is 28.5. The van der Waals surface area contributed by atoms with Crippen LogP contribution >= 0.6 is 15.6 Å². The minimum atomic E-state index is -3.58. The van der Waals surface area contributed by atoms with Crippen LogP contribution in [0.5, 0.6) is 0 Å². The summed E-state index contributed by atoms with van der Waals surface area (Å²) in [7, 11) is -0.0138. The molecule has 0 aliphatic carbocycles. The third kappa shape index (κ3) is 12.7. The molecule has 0 bridgehead atoms. The lowest BCUT2D eigenvalue weighted by Gasteiger charge is -2.13. The summed E-state index contributed by atoms with van der Waals surface area (Å²) in [4.78, 5) is 21.5. The highest BCUT2D eigenvalue weighted by Crippen LogP contribution is 2.50. The summed E-state index contributed by atoms with van der Waals surface area (Å²) in [6.45, 7) is 2.86. The predicted molar refractivity (Wildman–Crippen MR) is 97.0 cm³/mol. The Balaban J connectivity index is 0. The number of esters is 2. The summed E-state index contributed by atoms with van der Waals surface area (Å²) >= 11 is 0. The lowest BCUT2D eigenvalue weighted by atomic mass is 10.5. The van der Waals surface area contributed by atoms with Crippen LogP contribution in [0.25, 0.3) is 0 Å². The van der Waals surface area contributed by atoms with Gasteiger partial charge in [-0.15, -0.1) is 0 Å². The Labute approximate surface area is 163 Å². The molecule has 28 heavy (non-hydrogen) atoms. The fourth-order valence-corrected chi connectivity index (χ4v) is 2.56. The Morgan fingerprint density at radius 2 is 0.857 bits per heavy atom. The van der Waals surface area contributed by atoms with Gasteiger partial charge in [-0.1, -0.05) is 0 Å². The van der Waals surface area contributed by atoms with E-state index >= 15 is 0 Å². The fraction of sp³-hybridized carbons (Fsp3) is 0.571. The van der Waals surface area contributed by atoms with Crippen LogP contribution in [0.2, 0.25) is 0 Å². The van der Waals surface area contributed by atoms with Crippen molar-refractivity contribution in [3.05, 3.63) is 23.7 Å². The summed E-state index contributed by atoms with van der Waals surface area (Å²) in [6, 6.07) is 0. The van der Waals surface area contributed by atoms with Crippen molar-refractivity contribution in [3.63, 3.8) is 0 Å². The number of hydrogen-bond acceptors (Lipinski definition) is 12. The van der Waals surface area contributed by atoms with E-state index in [0.29, 0.717) is 0 Å². The smallest absolute Gasteiger partial charge is 0.466 e. The molecule has 0 radical (unpaired) electrons. The van der Waals surface area contributed by atoms with Crippen LogP contribution < -0.4 is 0 Å². The molecule has 0 aromatic rings. The summed E-state index contributed by atoms with van der Waals surface area (Å²) in [5.74, 6) is -1.05. The van der Waals surface area contributed by atoms with Crippen molar-refractivity contribution in [2.24, 2.45) is 0 Å². The number of phosphoric acid groups is 2. The van der Waals surface area contributed by atoms with E-state index in [0.717, 1.165) is 12.2 Å². The average Bonchev–Trinajstić information content (AvgIpc) is 2.67. The van der Waals surface area contributed by atoms with Gasteiger partial charge in [0.15, 0.2) is 0 Å². The van der Waals surface area contributed by atoms with Crippen molar-refractivity contribution in [1.82, 2.24) is 0 Å². The molecule has 0 saturated carbocycles. The van der Waals surface area contributed by atoms with Crippen LogP contribution in [0.4, 0.5) is 0 Å². The number of methoxy groups -OCH3 is 2. The van der Waals surface area contributed by atoms with E-state index in [1.807, 2.05) is 0 Å². The maximum absolute atomic E-state index is 11.4. The molecule has 12 nitrogen and oxygen atoms in total. The van der Waals surface area contributed by atoms with E-state index < -0.39 is 27.6 Å². The number of carbonyl (C=O) groups is 2. The maximum Gasteiger partial charge on any atom is 0.529 e. The molecule has 0 heterocycles. The lowest BCUT2D eigenvalue weighted by Crippen LogP contribution is -1.99. The van der Waals surface area contributed by atoms with Gasteiger partial charge in [0.1, 0.15) is 11.5 Å². The number of allylic oxidation sites excluding steroid dienone is 2. The van der Waals surface area contributed by atoms with Crippen LogP contribution in [0, 0.1) is 0 Å². The second-order valence-electron chi connectivity index (χ2n) is 4.36. The molecule has 0 spiro atoms. The zero-order chi connectivity index (χ0) is 22.4. The minimum Gasteiger partial charge on any atom is -0.466 e. The standard InChI is InChI=1S/2C7H13O6P/c2*1-6(5-7(8)10-2)13-14(9,11-3)12-4/h2*5H,1-4H3/b6-5+;6-5-. The quantitative estimate of drug-likeness (QED) is 0.210. The van der Waals surface area contributed by atoms with Gasteiger partial charge in [0.2, 0.25) is 0 Å². The van der Waals surface area contributed by atoms with Crippen molar-refractivity contribution in [2.75, 3.05) is 42.7 Å². The second kappa shape index (κ2) is 14.3. The molecule has 0 aromatic carbocycles. The van der Waals surface area contributed by atoms with Gasteiger partial charge in [-0.2, -0.15) is 0 Å². The van der Waals surface area contributed by atoms with E-state index in [9.17, 15) is 18.7 Å². The maximum atomic E-state index is 11.4. The molecule has 0 atom stereocenters. The fourth-order valence-electron chi connectivity index (χ4n) is 1.15. The first-order valence-electron chi connectivity index (χ1n) is 7.29. The Kier molecular flexibility index (Phi) is 14.6. The molecule has 0 N–H and O–H groups in total. The van der Waals surface area contributed by atoms with Gasteiger partial charge in [0, 0.05) is 28.4 Å². The molecular weight excluding hydrogens is 422 g/mol. The largest absolute Gasteiger partial charge is 0.529 e. The molecule has 0 amide bonds. The number of phosphoric ester groups is 2. The van der Waals surface area contributed by atoms with Crippen LogP contribution in [0.1, 0.15) is 13.8 Å². The van der Waals surface area contributed by atoms with E-state index in [1.54, 1.807) is 0 Å².